The van der Waals surface area contributed by atoms with Crippen molar-refractivity contribution in [2.45, 2.75) is 117 Å². The molecule has 6 nitrogen and oxygen atoms in total. The van der Waals surface area contributed by atoms with Gasteiger partial charge in [-0.1, -0.05) is 24.6 Å². The average molecular weight is 530 g/mol. The summed E-state index contributed by atoms with van der Waals surface area (Å²) in [6, 6.07) is -0.231. The zero-order valence-electron chi connectivity index (χ0n) is 24.1. The van der Waals surface area contributed by atoms with Crippen molar-refractivity contribution >= 4 is 17.6 Å². The Balaban J connectivity index is 1.24. The Bertz CT molecular complexity index is 995. The van der Waals surface area contributed by atoms with E-state index in [1.165, 1.54) is 24.8 Å². The average Bonchev–Trinajstić information content (AvgIpc) is 3.45. The molecular formula is C31H48FN3O3. The minimum atomic E-state index is -0.846. The van der Waals surface area contributed by atoms with Crippen molar-refractivity contribution in [3.8, 4) is 0 Å². The molecule has 1 amide bonds. The number of carbonyl (C=O) groups is 2. The van der Waals surface area contributed by atoms with E-state index in [0.29, 0.717) is 61.8 Å². The number of rotatable bonds is 6. The van der Waals surface area contributed by atoms with Gasteiger partial charge in [-0.3, -0.25) is 9.63 Å². The second-order valence-electron chi connectivity index (χ2n) is 13.7. The van der Waals surface area contributed by atoms with E-state index in [1.807, 2.05) is 26.8 Å². The topological polar surface area (TPSA) is 71.0 Å². The van der Waals surface area contributed by atoms with E-state index in [0.717, 1.165) is 31.4 Å². The van der Waals surface area contributed by atoms with E-state index in [1.54, 1.807) is 4.90 Å². The number of allylic oxidation sites excluding steroid dienone is 1. The summed E-state index contributed by atoms with van der Waals surface area (Å²) in [6.07, 6.45) is 10.4. The number of carbonyl (C=O) groups excluding carboxylic acids is 2. The lowest BCUT2D eigenvalue weighted by atomic mass is 9.46. The molecule has 1 aliphatic heterocycles. The van der Waals surface area contributed by atoms with Crippen LogP contribution in [0.2, 0.25) is 0 Å². The molecule has 212 valence electrons. The molecule has 1 saturated heterocycles. The molecule has 7 heteroatoms. The highest BCUT2D eigenvalue weighted by atomic mass is 19.1. The van der Waals surface area contributed by atoms with Gasteiger partial charge in [-0.25, -0.2) is 9.18 Å². The molecule has 2 unspecified atom stereocenters. The van der Waals surface area contributed by atoms with E-state index < -0.39 is 12.3 Å². The second-order valence-corrected chi connectivity index (χ2v) is 13.7. The maximum atomic E-state index is 14.0. The van der Waals surface area contributed by atoms with Crippen LogP contribution in [-0.4, -0.2) is 53.8 Å². The molecule has 4 fully saturated rings. The standard InChI is InChI=1S/C31H48FN3O3/c1-19(2)35(17-13-28-27(32)12-16-33-28)29(37)38-34-20(3)24-8-9-25-23-7-6-21-18-22(36)10-14-30(21,4)26(23)11-15-31(24,25)5/h18-19,23-28,33H,6-17H2,1-5H3/b34-20+/t23-,24+,25-,26-,27?,28?,30-,31+/m0/s1. The predicted octanol–water partition coefficient (Wildman–Crippen LogP) is 6.45. The van der Waals surface area contributed by atoms with Gasteiger partial charge in [-0.15, -0.1) is 0 Å². The summed E-state index contributed by atoms with van der Waals surface area (Å²) >= 11 is 0. The Morgan fingerprint density at radius 1 is 1.16 bits per heavy atom. The van der Waals surface area contributed by atoms with Crippen LogP contribution in [0.4, 0.5) is 9.18 Å². The number of nitrogens with one attached hydrogen (secondary N) is 1. The number of fused-ring (bicyclic) bond motifs is 5. The van der Waals surface area contributed by atoms with Gasteiger partial charge in [0.15, 0.2) is 5.78 Å². The van der Waals surface area contributed by atoms with Crippen molar-refractivity contribution in [2.24, 2.45) is 39.7 Å². The van der Waals surface area contributed by atoms with Crippen LogP contribution in [0, 0.1) is 34.5 Å². The first-order chi connectivity index (χ1) is 18.0. The van der Waals surface area contributed by atoms with Crippen LogP contribution < -0.4 is 5.32 Å². The highest BCUT2D eigenvalue weighted by Crippen LogP contribution is 2.66. The minimum absolute atomic E-state index is 0.0391. The van der Waals surface area contributed by atoms with Gasteiger partial charge in [-0.2, -0.15) is 0 Å². The van der Waals surface area contributed by atoms with Gasteiger partial charge < -0.3 is 10.2 Å². The summed E-state index contributed by atoms with van der Waals surface area (Å²) in [5.41, 5.74) is 2.70. The van der Waals surface area contributed by atoms with Crippen molar-refractivity contribution in [1.82, 2.24) is 10.2 Å². The number of hydrogen-bond acceptors (Lipinski definition) is 5. The Kier molecular flexibility index (Phi) is 7.80. The van der Waals surface area contributed by atoms with E-state index >= 15 is 0 Å². The SMILES string of the molecule is C/C(=N\OC(=O)N(CCC1NCCC1F)C(C)C)[C@H]1CC[C@H]2[C@@H]3CCC4=CC(=O)CC[C@]4(C)[C@H]3CC[C@]12C. The quantitative estimate of drug-likeness (QED) is 0.244. The first-order valence-electron chi connectivity index (χ1n) is 15.2. The van der Waals surface area contributed by atoms with Crippen molar-refractivity contribution in [3.63, 3.8) is 0 Å². The van der Waals surface area contributed by atoms with Gasteiger partial charge in [-0.05, 0) is 120 Å². The molecule has 0 radical (unpaired) electrons. The molecule has 0 bridgehead atoms. The van der Waals surface area contributed by atoms with Gasteiger partial charge in [0.05, 0.1) is 5.71 Å². The molecule has 0 spiro atoms. The molecule has 0 aromatic heterocycles. The summed E-state index contributed by atoms with van der Waals surface area (Å²) in [5.74, 6) is 2.66. The molecule has 3 saturated carbocycles. The predicted molar refractivity (Wildman–Crippen MR) is 148 cm³/mol. The lowest BCUT2D eigenvalue weighted by molar-refractivity contribution is -0.117. The Labute approximate surface area is 228 Å². The fourth-order valence-corrected chi connectivity index (χ4v) is 9.33. The maximum Gasteiger partial charge on any atom is 0.436 e. The van der Waals surface area contributed by atoms with Gasteiger partial charge in [0, 0.05) is 31.0 Å². The third-order valence-corrected chi connectivity index (χ3v) is 11.5. The van der Waals surface area contributed by atoms with E-state index in [2.05, 4.69) is 24.3 Å². The summed E-state index contributed by atoms with van der Waals surface area (Å²) in [4.78, 5) is 32.3. The third kappa shape index (κ3) is 4.86. The number of ketones is 1. The van der Waals surface area contributed by atoms with Crippen LogP contribution in [0.15, 0.2) is 16.8 Å². The maximum absolute atomic E-state index is 14.0. The van der Waals surface area contributed by atoms with Crippen molar-refractivity contribution in [3.05, 3.63) is 11.6 Å². The third-order valence-electron chi connectivity index (χ3n) is 11.5. The largest absolute Gasteiger partial charge is 0.436 e. The van der Waals surface area contributed by atoms with Crippen LogP contribution in [0.25, 0.3) is 0 Å². The van der Waals surface area contributed by atoms with Gasteiger partial charge in [0.25, 0.3) is 0 Å². The minimum Gasteiger partial charge on any atom is -0.311 e. The molecule has 1 N–H and O–H groups in total. The van der Waals surface area contributed by atoms with Crippen LogP contribution in [0.5, 0.6) is 0 Å². The molecular weight excluding hydrogens is 481 g/mol. The summed E-state index contributed by atoms with van der Waals surface area (Å²) < 4.78 is 14.0. The number of halogens is 1. The fraction of sp³-hybridized carbons (Fsp3) is 0.839. The Morgan fingerprint density at radius 3 is 2.66 bits per heavy atom. The van der Waals surface area contributed by atoms with Crippen LogP contribution in [0.1, 0.15) is 98.8 Å². The summed E-state index contributed by atoms with van der Waals surface area (Å²) in [6.45, 7) is 12.0. The smallest absolute Gasteiger partial charge is 0.311 e. The molecule has 0 aromatic rings. The van der Waals surface area contributed by atoms with E-state index in [-0.39, 0.29) is 22.9 Å². The van der Waals surface area contributed by atoms with E-state index in [4.69, 9.17) is 4.84 Å². The molecule has 8 atom stereocenters. The molecule has 5 aliphatic rings. The number of amides is 1. The molecule has 38 heavy (non-hydrogen) atoms. The normalized spacial score (nSPS) is 40.9. The Hall–Kier alpha value is -1.76. The van der Waals surface area contributed by atoms with Gasteiger partial charge >= 0.3 is 6.09 Å². The monoisotopic (exact) mass is 529 g/mol. The first kappa shape index (κ1) is 27.8. The van der Waals surface area contributed by atoms with Crippen molar-refractivity contribution in [2.75, 3.05) is 13.1 Å². The van der Waals surface area contributed by atoms with Crippen molar-refractivity contribution < 1.29 is 18.8 Å². The van der Waals surface area contributed by atoms with Crippen LogP contribution in [0.3, 0.4) is 0 Å². The fourth-order valence-electron chi connectivity index (χ4n) is 9.33. The van der Waals surface area contributed by atoms with Crippen molar-refractivity contribution in [1.29, 1.82) is 0 Å². The lowest BCUT2D eigenvalue weighted by Gasteiger charge is -2.58. The Morgan fingerprint density at radius 2 is 1.95 bits per heavy atom. The van der Waals surface area contributed by atoms with Gasteiger partial charge in [0.1, 0.15) is 6.17 Å². The van der Waals surface area contributed by atoms with E-state index in [9.17, 15) is 14.0 Å². The zero-order chi connectivity index (χ0) is 27.2. The zero-order valence-corrected chi connectivity index (χ0v) is 24.1. The summed E-state index contributed by atoms with van der Waals surface area (Å²) in [7, 11) is 0. The van der Waals surface area contributed by atoms with Gasteiger partial charge in [0.2, 0.25) is 0 Å². The lowest BCUT2D eigenvalue weighted by Crippen LogP contribution is -2.51. The molecule has 4 aliphatic carbocycles. The van der Waals surface area contributed by atoms with Crippen LogP contribution >= 0.6 is 0 Å². The number of hydrogen-bond donors (Lipinski definition) is 1. The summed E-state index contributed by atoms with van der Waals surface area (Å²) in [5, 5.41) is 7.62. The number of oxime groups is 1. The molecule has 1 heterocycles. The van der Waals surface area contributed by atoms with Crippen LogP contribution in [-0.2, 0) is 9.63 Å². The number of nitrogens with zero attached hydrogens (tertiary/aromatic N) is 2. The molecule has 5 rings (SSSR count). The number of alkyl halides is 1. The second kappa shape index (κ2) is 10.7. The highest BCUT2D eigenvalue weighted by Gasteiger charge is 2.59. The first-order valence-corrected chi connectivity index (χ1v) is 15.2. The molecule has 0 aromatic carbocycles. The highest BCUT2D eigenvalue weighted by molar-refractivity contribution is 5.91.